The van der Waals surface area contributed by atoms with Gasteiger partial charge in [-0.1, -0.05) is 13.0 Å². The number of fused-ring (bicyclic) bond motifs is 1. The number of hydrogen-bond acceptors (Lipinski definition) is 7. The van der Waals surface area contributed by atoms with E-state index in [2.05, 4.69) is 4.98 Å². The number of Topliss-reactive ketones (excluding diaryl/α,β-unsaturated/α-hetero) is 1. The fraction of sp³-hybridized carbons (Fsp3) is 0.476. The van der Waals surface area contributed by atoms with E-state index in [4.69, 9.17) is 15.2 Å². The van der Waals surface area contributed by atoms with Crippen molar-refractivity contribution >= 4 is 11.6 Å². The van der Waals surface area contributed by atoms with Gasteiger partial charge in [0.15, 0.2) is 17.3 Å². The van der Waals surface area contributed by atoms with Gasteiger partial charge in [-0.3, -0.25) is 24.0 Å². The molecule has 0 spiro atoms. The van der Waals surface area contributed by atoms with E-state index in [0.29, 0.717) is 31.9 Å². The number of anilines is 1. The van der Waals surface area contributed by atoms with Crippen LogP contribution in [0.15, 0.2) is 27.8 Å². The molecule has 0 saturated carbocycles. The van der Waals surface area contributed by atoms with Crippen molar-refractivity contribution in [3.63, 3.8) is 0 Å². The summed E-state index contributed by atoms with van der Waals surface area (Å²) >= 11 is 0. The highest BCUT2D eigenvalue weighted by atomic mass is 16.6. The molecule has 0 bridgehead atoms. The largest absolute Gasteiger partial charge is 0.486 e. The number of H-pyrrole nitrogens is 1. The highest BCUT2D eigenvalue weighted by Gasteiger charge is 2.30. The third-order valence-electron chi connectivity index (χ3n) is 5.63. The second-order valence-electron chi connectivity index (χ2n) is 7.63. The zero-order valence-corrected chi connectivity index (χ0v) is 17.0. The van der Waals surface area contributed by atoms with Crippen LogP contribution < -0.4 is 26.5 Å². The number of rotatable bonds is 6. The van der Waals surface area contributed by atoms with Crippen molar-refractivity contribution in [3.8, 4) is 11.5 Å². The van der Waals surface area contributed by atoms with E-state index >= 15 is 0 Å². The van der Waals surface area contributed by atoms with Gasteiger partial charge in [0.2, 0.25) is 0 Å². The number of ketones is 1. The summed E-state index contributed by atoms with van der Waals surface area (Å²) in [4.78, 5) is 41.6. The molecule has 1 fully saturated rings. The zero-order chi connectivity index (χ0) is 21.3. The summed E-state index contributed by atoms with van der Waals surface area (Å²) in [7, 11) is 0. The quantitative estimate of drug-likeness (QED) is 0.684. The number of aromatic nitrogens is 2. The summed E-state index contributed by atoms with van der Waals surface area (Å²) < 4.78 is 12.5. The van der Waals surface area contributed by atoms with Gasteiger partial charge < -0.3 is 15.2 Å². The Morgan fingerprint density at radius 2 is 2.00 bits per heavy atom. The fourth-order valence-electron chi connectivity index (χ4n) is 4.23. The lowest BCUT2D eigenvalue weighted by Gasteiger charge is -2.26. The number of likely N-dealkylation sites (tertiary alicyclic amines) is 1. The average molecular weight is 414 g/mol. The second kappa shape index (κ2) is 8.35. The number of benzene rings is 1. The maximum Gasteiger partial charge on any atom is 0.329 e. The lowest BCUT2D eigenvalue weighted by molar-refractivity contribution is 0.0920. The van der Waals surface area contributed by atoms with Crippen LogP contribution >= 0.6 is 0 Å². The molecular formula is C21H26N4O5. The van der Waals surface area contributed by atoms with Gasteiger partial charge in [0, 0.05) is 12.6 Å². The van der Waals surface area contributed by atoms with Crippen molar-refractivity contribution in [1.82, 2.24) is 14.5 Å². The molecule has 0 radical (unpaired) electrons. The van der Waals surface area contributed by atoms with Crippen LogP contribution in [0.1, 0.15) is 48.1 Å². The molecule has 9 heteroatoms. The van der Waals surface area contributed by atoms with Gasteiger partial charge in [-0.25, -0.2) is 4.79 Å². The number of ether oxygens (including phenoxy) is 2. The maximum absolute atomic E-state index is 13.0. The summed E-state index contributed by atoms with van der Waals surface area (Å²) in [6.45, 7) is 4.06. The Morgan fingerprint density at radius 3 is 2.77 bits per heavy atom. The van der Waals surface area contributed by atoms with Crippen LogP contribution in [0.5, 0.6) is 11.5 Å². The van der Waals surface area contributed by atoms with Crippen LogP contribution in [0.3, 0.4) is 0 Å². The summed E-state index contributed by atoms with van der Waals surface area (Å²) in [5, 5.41) is 0. The first-order valence-electron chi connectivity index (χ1n) is 10.3. The van der Waals surface area contributed by atoms with Gasteiger partial charge >= 0.3 is 5.69 Å². The Bertz CT molecular complexity index is 1070. The predicted molar refractivity (Wildman–Crippen MR) is 111 cm³/mol. The van der Waals surface area contributed by atoms with E-state index < -0.39 is 11.2 Å². The molecule has 2 aliphatic rings. The number of nitrogens with zero attached hydrogens (tertiary/aromatic N) is 2. The monoisotopic (exact) mass is 414 g/mol. The molecule has 160 valence electrons. The van der Waals surface area contributed by atoms with Crippen molar-refractivity contribution in [2.24, 2.45) is 0 Å². The average Bonchev–Trinajstić information content (AvgIpc) is 3.18. The van der Waals surface area contributed by atoms with Crippen LogP contribution in [-0.2, 0) is 6.54 Å². The molecule has 1 saturated heterocycles. The first-order chi connectivity index (χ1) is 14.5. The minimum atomic E-state index is -0.732. The Labute approximate surface area is 173 Å². The summed E-state index contributed by atoms with van der Waals surface area (Å²) in [5.74, 6) is 0.987. The lowest BCUT2D eigenvalue weighted by Crippen LogP contribution is -2.39. The van der Waals surface area contributed by atoms with Crippen molar-refractivity contribution < 1.29 is 14.3 Å². The predicted octanol–water partition coefficient (Wildman–Crippen LogP) is 1.32. The van der Waals surface area contributed by atoms with Crippen molar-refractivity contribution in [3.05, 3.63) is 50.2 Å². The first kappa shape index (κ1) is 20.2. The van der Waals surface area contributed by atoms with Crippen LogP contribution in [0.2, 0.25) is 0 Å². The number of aromatic amines is 1. The highest BCUT2D eigenvalue weighted by Crippen LogP contribution is 2.38. The topological polar surface area (TPSA) is 120 Å². The van der Waals surface area contributed by atoms with Gasteiger partial charge in [-0.05, 0) is 43.5 Å². The number of nitrogens with two attached hydrogens (primary N) is 1. The van der Waals surface area contributed by atoms with Gasteiger partial charge in [0.1, 0.15) is 24.6 Å². The maximum atomic E-state index is 13.0. The molecule has 3 heterocycles. The van der Waals surface area contributed by atoms with Crippen LogP contribution in [0, 0.1) is 0 Å². The summed E-state index contributed by atoms with van der Waals surface area (Å²) in [6.07, 6.45) is 2.49. The smallest absolute Gasteiger partial charge is 0.329 e. The molecule has 2 aliphatic heterocycles. The Hall–Kier alpha value is -3.07. The van der Waals surface area contributed by atoms with Crippen molar-refractivity contribution in [2.75, 3.05) is 32.0 Å². The lowest BCUT2D eigenvalue weighted by atomic mass is 10.0. The molecule has 0 unspecified atom stereocenters. The standard InChI is InChI=1S/C21H26N4O5/c1-2-7-25-19(22)18(20(27)23-21(25)28)15(26)12-24-8-3-4-14(24)13-5-6-16-17(11-13)30-10-9-29-16/h5-6,11,14H,2-4,7-10,12,22H2,1H3,(H,23,27,28)/t14-/m1/s1. The Morgan fingerprint density at radius 1 is 1.23 bits per heavy atom. The highest BCUT2D eigenvalue weighted by molar-refractivity contribution is 6.01. The molecular weight excluding hydrogens is 388 g/mol. The van der Waals surface area contributed by atoms with Crippen LogP contribution in [-0.4, -0.2) is 46.5 Å². The third kappa shape index (κ3) is 3.72. The Kier molecular flexibility index (Phi) is 5.63. The normalized spacial score (nSPS) is 18.5. The minimum Gasteiger partial charge on any atom is -0.486 e. The van der Waals surface area contributed by atoms with E-state index in [1.807, 2.05) is 30.0 Å². The van der Waals surface area contributed by atoms with Crippen LogP contribution in [0.4, 0.5) is 5.82 Å². The van der Waals surface area contributed by atoms with Crippen molar-refractivity contribution in [1.29, 1.82) is 0 Å². The molecule has 9 nitrogen and oxygen atoms in total. The van der Waals surface area contributed by atoms with E-state index in [1.165, 1.54) is 4.57 Å². The van der Waals surface area contributed by atoms with E-state index in [0.717, 1.165) is 30.7 Å². The molecule has 1 atom stereocenters. The molecule has 4 rings (SSSR count). The van der Waals surface area contributed by atoms with E-state index in [9.17, 15) is 14.4 Å². The zero-order valence-electron chi connectivity index (χ0n) is 17.0. The molecule has 1 aromatic carbocycles. The first-order valence-corrected chi connectivity index (χ1v) is 10.3. The number of carbonyl (C=O) groups is 1. The van der Waals surface area contributed by atoms with Gasteiger partial charge in [-0.15, -0.1) is 0 Å². The number of carbonyl (C=O) groups excluding carboxylic acids is 1. The minimum absolute atomic E-state index is 0.0339. The van der Waals surface area contributed by atoms with Gasteiger partial charge in [0.05, 0.1) is 6.54 Å². The third-order valence-corrected chi connectivity index (χ3v) is 5.63. The second-order valence-corrected chi connectivity index (χ2v) is 7.63. The van der Waals surface area contributed by atoms with Crippen molar-refractivity contribution in [2.45, 2.75) is 38.8 Å². The van der Waals surface area contributed by atoms with Crippen LogP contribution in [0.25, 0.3) is 0 Å². The molecule has 30 heavy (non-hydrogen) atoms. The molecule has 3 N–H and O–H groups in total. The SMILES string of the molecule is CCCn1c(N)c(C(=O)CN2CCC[C@@H]2c2ccc3c(c2)OCCO3)c(=O)[nH]c1=O. The van der Waals surface area contributed by atoms with Gasteiger partial charge in [-0.2, -0.15) is 0 Å². The fourth-order valence-corrected chi connectivity index (χ4v) is 4.23. The number of nitrogens with one attached hydrogen (secondary N) is 1. The summed E-state index contributed by atoms with van der Waals surface area (Å²) in [6, 6.07) is 5.88. The number of nitrogen functional groups attached to an aromatic ring is 1. The Balaban J connectivity index is 1.58. The molecule has 0 amide bonds. The molecule has 2 aromatic rings. The van der Waals surface area contributed by atoms with E-state index in [1.54, 1.807) is 0 Å². The number of hydrogen-bond donors (Lipinski definition) is 2. The molecule has 1 aromatic heterocycles. The van der Waals surface area contributed by atoms with Gasteiger partial charge in [0.25, 0.3) is 5.56 Å². The summed E-state index contributed by atoms with van der Waals surface area (Å²) in [5.41, 5.74) is 5.62. The molecule has 0 aliphatic carbocycles. The van der Waals surface area contributed by atoms with E-state index in [-0.39, 0.29) is 29.8 Å².